The average Bonchev–Trinajstić information content (AvgIpc) is 2.65. The first-order valence-corrected chi connectivity index (χ1v) is 6.38. The zero-order chi connectivity index (χ0) is 12.9. The van der Waals surface area contributed by atoms with Gasteiger partial charge in [0.2, 0.25) is 0 Å². The first kappa shape index (κ1) is 11.2. The number of aromatic nitrogens is 1. The Hall–Kier alpha value is -1.95. The number of nitrogens with zero attached hydrogens (tertiary/aromatic N) is 1. The number of carbonyl (C=O) groups is 2. The second-order valence-electron chi connectivity index (χ2n) is 4.26. The smallest absolute Gasteiger partial charge is 0.348 e. The Morgan fingerprint density at radius 1 is 1.44 bits per heavy atom. The summed E-state index contributed by atoms with van der Waals surface area (Å²) in [5.74, 6) is -0.993. The summed E-state index contributed by atoms with van der Waals surface area (Å²) in [6.07, 6.45) is 2.09. The van der Waals surface area contributed by atoms with Crippen molar-refractivity contribution < 1.29 is 14.7 Å². The highest BCUT2D eigenvalue weighted by Crippen LogP contribution is 2.35. The molecule has 5 nitrogen and oxygen atoms in total. The fourth-order valence-corrected chi connectivity index (χ4v) is 3.15. The van der Waals surface area contributed by atoms with E-state index in [0.29, 0.717) is 22.2 Å². The van der Waals surface area contributed by atoms with E-state index in [0.717, 1.165) is 29.9 Å². The molecule has 1 aliphatic carbocycles. The lowest BCUT2D eigenvalue weighted by Gasteiger charge is -2.13. The summed E-state index contributed by atoms with van der Waals surface area (Å²) in [6.45, 7) is 0. The van der Waals surface area contributed by atoms with Gasteiger partial charge < -0.3 is 10.8 Å². The van der Waals surface area contributed by atoms with E-state index in [1.807, 2.05) is 0 Å². The van der Waals surface area contributed by atoms with Gasteiger partial charge in [0.1, 0.15) is 9.71 Å². The molecule has 3 N–H and O–H groups in total. The maximum absolute atomic E-state index is 11.8. The van der Waals surface area contributed by atoms with Crippen molar-refractivity contribution >= 4 is 39.0 Å². The molecule has 0 radical (unpaired) electrons. The number of aryl methyl sites for hydroxylation is 1. The molecule has 0 unspecified atom stereocenters. The number of pyridine rings is 1. The second kappa shape index (κ2) is 3.78. The zero-order valence-corrected chi connectivity index (χ0v) is 10.2. The molecule has 0 spiro atoms. The van der Waals surface area contributed by atoms with Crippen LogP contribution in [-0.2, 0) is 6.42 Å². The minimum atomic E-state index is -1.06. The fraction of sp³-hybridized carbons (Fsp3) is 0.250. The van der Waals surface area contributed by atoms with E-state index in [4.69, 9.17) is 10.8 Å². The van der Waals surface area contributed by atoms with E-state index in [-0.39, 0.29) is 16.3 Å². The monoisotopic (exact) mass is 262 g/mol. The van der Waals surface area contributed by atoms with Crippen molar-refractivity contribution in [3.8, 4) is 0 Å². The summed E-state index contributed by atoms with van der Waals surface area (Å²) in [5, 5.41) is 9.60. The number of Topliss-reactive ketones (excluding diaryl/α,β-unsaturated/α-hetero) is 1. The number of hydrogen-bond donors (Lipinski definition) is 2. The third-order valence-corrected chi connectivity index (χ3v) is 4.22. The number of carboxylic acid groups (broad SMARTS) is 1. The second-order valence-corrected chi connectivity index (χ2v) is 5.26. The van der Waals surface area contributed by atoms with Crippen molar-refractivity contribution in [3.05, 3.63) is 22.2 Å². The van der Waals surface area contributed by atoms with Gasteiger partial charge in [-0.1, -0.05) is 0 Å². The number of nitrogens with two attached hydrogens (primary N) is 1. The molecule has 6 heteroatoms. The SMILES string of the molecule is Nc1c(C(=O)O)sc2nc3c(cc12)C(=O)CCC3. The molecule has 0 fully saturated rings. The molecule has 92 valence electrons. The average molecular weight is 262 g/mol. The largest absolute Gasteiger partial charge is 0.477 e. The Labute approximate surface area is 106 Å². The van der Waals surface area contributed by atoms with Gasteiger partial charge in [-0.15, -0.1) is 11.3 Å². The lowest BCUT2D eigenvalue weighted by atomic mass is 9.94. The highest BCUT2D eigenvalue weighted by molar-refractivity contribution is 7.21. The number of carbonyl (C=O) groups excluding carboxylic acids is 1. The van der Waals surface area contributed by atoms with Gasteiger partial charge in [-0.05, 0) is 18.9 Å². The van der Waals surface area contributed by atoms with E-state index in [2.05, 4.69) is 4.98 Å². The lowest BCUT2D eigenvalue weighted by molar-refractivity contribution is 0.0703. The van der Waals surface area contributed by atoms with Crippen LogP contribution in [0, 0.1) is 0 Å². The van der Waals surface area contributed by atoms with Crippen molar-refractivity contribution in [2.75, 3.05) is 5.73 Å². The first-order valence-electron chi connectivity index (χ1n) is 5.56. The Balaban J connectivity index is 2.31. The van der Waals surface area contributed by atoms with Crippen molar-refractivity contribution in [2.24, 2.45) is 0 Å². The van der Waals surface area contributed by atoms with Gasteiger partial charge in [-0.25, -0.2) is 9.78 Å². The van der Waals surface area contributed by atoms with Crippen molar-refractivity contribution in [1.29, 1.82) is 0 Å². The number of thiophene rings is 1. The molecule has 0 aliphatic heterocycles. The molecule has 0 saturated heterocycles. The van der Waals surface area contributed by atoms with Crippen molar-refractivity contribution in [1.82, 2.24) is 4.98 Å². The van der Waals surface area contributed by atoms with Gasteiger partial charge >= 0.3 is 5.97 Å². The summed E-state index contributed by atoms with van der Waals surface area (Å²) in [5.41, 5.74) is 7.36. The van der Waals surface area contributed by atoms with Gasteiger partial charge in [0.25, 0.3) is 0 Å². The molecule has 1 aliphatic rings. The van der Waals surface area contributed by atoms with Crippen LogP contribution in [0.25, 0.3) is 10.2 Å². The molecule has 0 aromatic carbocycles. The fourth-order valence-electron chi connectivity index (χ4n) is 2.22. The molecule has 3 rings (SSSR count). The van der Waals surface area contributed by atoms with Gasteiger partial charge in [0, 0.05) is 17.4 Å². The van der Waals surface area contributed by atoms with Crippen LogP contribution >= 0.6 is 11.3 Å². The normalized spacial score (nSPS) is 14.8. The van der Waals surface area contributed by atoms with Crippen LogP contribution in [-0.4, -0.2) is 21.8 Å². The summed E-state index contributed by atoms with van der Waals surface area (Å²) in [6, 6.07) is 1.69. The summed E-state index contributed by atoms with van der Waals surface area (Å²) >= 11 is 1.06. The number of nitrogen functional groups attached to an aromatic ring is 1. The number of ketones is 1. The number of anilines is 1. The zero-order valence-electron chi connectivity index (χ0n) is 9.40. The molecule has 2 heterocycles. The highest BCUT2D eigenvalue weighted by Gasteiger charge is 2.23. The van der Waals surface area contributed by atoms with Crippen molar-refractivity contribution in [2.45, 2.75) is 19.3 Å². The molecule has 0 bridgehead atoms. The number of carboxylic acids is 1. The molecule has 0 atom stereocenters. The summed E-state index contributed by atoms with van der Waals surface area (Å²) in [4.78, 5) is 27.9. The van der Waals surface area contributed by atoms with Crippen LogP contribution in [0.3, 0.4) is 0 Å². The standard InChI is InChI=1S/C12H10N2O3S/c13-9-6-4-5-7(2-1-3-8(5)15)14-11(6)18-10(9)12(16)17/h4H,1-3,13H2,(H,16,17). The van der Waals surface area contributed by atoms with E-state index in [1.54, 1.807) is 6.07 Å². The van der Waals surface area contributed by atoms with Crippen LogP contribution in [0.15, 0.2) is 6.07 Å². The number of fused-ring (bicyclic) bond motifs is 2. The maximum Gasteiger partial charge on any atom is 0.348 e. The molecular weight excluding hydrogens is 252 g/mol. The Kier molecular flexibility index (Phi) is 2.34. The minimum absolute atomic E-state index is 0.0631. The third kappa shape index (κ3) is 1.49. The lowest BCUT2D eigenvalue weighted by Crippen LogP contribution is -2.12. The van der Waals surface area contributed by atoms with E-state index in [9.17, 15) is 9.59 Å². The van der Waals surface area contributed by atoms with Crippen LogP contribution in [0.4, 0.5) is 5.69 Å². The van der Waals surface area contributed by atoms with Crippen LogP contribution in [0.5, 0.6) is 0 Å². The molecule has 2 aromatic heterocycles. The van der Waals surface area contributed by atoms with E-state index in [1.165, 1.54) is 0 Å². The predicted octanol–water partition coefficient (Wildman–Crippen LogP) is 2.10. The maximum atomic E-state index is 11.8. The molecule has 18 heavy (non-hydrogen) atoms. The quantitative estimate of drug-likeness (QED) is 0.820. The number of aromatic carboxylic acids is 1. The Morgan fingerprint density at radius 3 is 2.94 bits per heavy atom. The Bertz CT molecular complexity index is 690. The van der Waals surface area contributed by atoms with Gasteiger partial charge in [-0.3, -0.25) is 4.79 Å². The van der Waals surface area contributed by atoms with Gasteiger partial charge in [-0.2, -0.15) is 0 Å². The van der Waals surface area contributed by atoms with E-state index < -0.39 is 5.97 Å². The third-order valence-electron chi connectivity index (χ3n) is 3.11. The van der Waals surface area contributed by atoms with Gasteiger partial charge in [0.05, 0.1) is 11.4 Å². The van der Waals surface area contributed by atoms with Crippen molar-refractivity contribution in [3.63, 3.8) is 0 Å². The number of hydrogen-bond acceptors (Lipinski definition) is 5. The minimum Gasteiger partial charge on any atom is -0.477 e. The highest BCUT2D eigenvalue weighted by atomic mass is 32.1. The molecule has 2 aromatic rings. The van der Waals surface area contributed by atoms with Gasteiger partial charge in [0.15, 0.2) is 5.78 Å². The van der Waals surface area contributed by atoms with Crippen LogP contribution < -0.4 is 5.73 Å². The first-order chi connectivity index (χ1) is 8.58. The molecule has 0 saturated carbocycles. The predicted molar refractivity (Wildman–Crippen MR) is 68.3 cm³/mol. The van der Waals surface area contributed by atoms with E-state index >= 15 is 0 Å². The summed E-state index contributed by atoms with van der Waals surface area (Å²) in [7, 11) is 0. The Morgan fingerprint density at radius 2 is 2.22 bits per heavy atom. The van der Waals surface area contributed by atoms with Crippen LogP contribution in [0.2, 0.25) is 0 Å². The topological polar surface area (TPSA) is 93.3 Å². The van der Waals surface area contributed by atoms with Crippen LogP contribution in [0.1, 0.15) is 38.6 Å². The number of rotatable bonds is 1. The molecule has 0 amide bonds. The summed E-state index contributed by atoms with van der Waals surface area (Å²) < 4.78 is 0. The molecular formula is C12H10N2O3S.